The van der Waals surface area contributed by atoms with Crippen LogP contribution in [-0.4, -0.2) is 12.6 Å². The number of esters is 1. The molecular formula is C31H38F3NO3. The van der Waals surface area contributed by atoms with Gasteiger partial charge in [0.25, 0.3) is 0 Å². The van der Waals surface area contributed by atoms with Crippen molar-refractivity contribution in [2.45, 2.75) is 90.4 Å². The van der Waals surface area contributed by atoms with Crippen LogP contribution in [-0.2, 0) is 0 Å². The number of nitriles is 1. The quantitative estimate of drug-likeness (QED) is 0.106. The van der Waals surface area contributed by atoms with Crippen LogP contribution < -0.4 is 9.47 Å². The van der Waals surface area contributed by atoms with Crippen LogP contribution in [0.2, 0.25) is 0 Å². The van der Waals surface area contributed by atoms with Crippen LogP contribution in [0.1, 0.15) is 106 Å². The lowest BCUT2D eigenvalue weighted by Crippen LogP contribution is -2.21. The Balaban J connectivity index is 1.43. The third-order valence-electron chi connectivity index (χ3n) is 7.43. The fraction of sp³-hybridized carbons (Fsp3) is 0.548. The average molecular weight is 530 g/mol. The SMILES string of the molecule is CCCCCCCCCCC1CCC(COc2cc(F)c(C(=O)Oc3ccc(C#N)cc3)c(F)c2F)CC1. The number of carbonyl (C=O) groups excluding carboxylic acids is 1. The van der Waals surface area contributed by atoms with E-state index in [1.165, 1.54) is 82.1 Å². The van der Waals surface area contributed by atoms with E-state index in [2.05, 4.69) is 6.92 Å². The number of carbonyl (C=O) groups is 1. The molecule has 0 amide bonds. The molecule has 0 bridgehead atoms. The van der Waals surface area contributed by atoms with E-state index < -0.39 is 34.7 Å². The van der Waals surface area contributed by atoms with Crippen LogP contribution in [0.3, 0.4) is 0 Å². The molecule has 1 aliphatic rings. The Bertz CT molecular complexity index is 1070. The zero-order valence-corrected chi connectivity index (χ0v) is 22.2. The highest BCUT2D eigenvalue weighted by atomic mass is 19.2. The van der Waals surface area contributed by atoms with Gasteiger partial charge in [-0.25, -0.2) is 13.6 Å². The molecule has 0 spiro atoms. The van der Waals surface area contributed by atoms with Crippen LogP contribution in [0.15, 0.2) is 30.3 Å². The molecule has 1 aliphatic carbocycles. The van der Waals surface area contributed by atoms with E-state index in [9.17, 15) is 18.0 Å². The van der Waals surface area contributed by atoms with Gasteiger partial charge in [0.1, 0.15) is 17.1 Å². The lowest BCUT2D eigenvalue weighted by Gasteiger charge is -2.28. The first-order valence-corrected chi connectivity index (χ1v) is 14.0. The Labute approximate surface area is 224 Å². The molecule has 1 saturated carbocycles. The number of nitrogens with zero attached hydrogens (tertiary/aromatic N) is 1. The van der Waals surface area contributed by atoms with Gasteiger partial charge in [0.05, 0.1) is 18.2 Å². The summed E-state index contributed by atoms with van der Waals surface area (Å²) in [7, 11) is 0. The molecule has 0 saturated heterocycles. The summed E-state index contributed by atoms with van der Waals surface area (Å²) in [4.78, 5) is 12.3. The van der Waals surface area contributed by atoms with E-state index in [4.69, 9.17) is 14.7 Å². The zero-order valence-electron chi connectivity index (χ0n) is 22.2. The lowest BCUT2D eigenvalue weighted by atomic mass is 9.80. The van der Waals surface area contributed by atoms with Crippen molar-refractivity contribution in [3.8, 4) is 17.6 Å². The topological polar surface area (TPSA) is 59.3 Å². The van der Waals surface area contributed by atoms with Gasteiger partial charge in [0, 0.05) is 6.07 Å². The maximum absolute atomic E-state index is 14.6. The second-order valence-corrected chi connectivity index (χ2v) is 10.3. The number of benzene rings is 2. The van der Waals surface area contributed by atoms with Crippen molar-refractivity contribution in [3.63, 3.8) is 0 Å². The van der Waals surface area contributed by atoms with Crippen LogP contribution in [0.5, 0.6) is 11.5 Å². The predicted molar refractivity (Wildman–Crippen MR) is 141 cm³/mol. The number of hydrogen-bond acceptors (Lipinski definition) is 4. The molecule has 7 heteroatoms. The smallest absolute Gasteiger partial charge is 0.349 e. The molecule has 0 unspecified atom stereocenters. The Morgan fingerprint density at radius 2 is 1.50 bits per heavy atom. The molecule has 3 rings (SSSR count). The van der Waals surface area contributed by atoms with E-state index in [0.29, 0.717) is 17.5 Å². The highest BCUT2D eigenvalue weighted by molar-refractivity contribution is 5.92. The predicted octanol–water partition coefficient (Wildman–Crippen LogP) is 8.91. The van der Waals surface area contributed by atoms with Gasteiger partial charge in [-0.2, -0.15) is 9.65 Å². The molecule has 0 N–H and O–H groups in total. The minimum atomic E-state index is -1.65. The van der Waals surface area contributed by atoms with Crippen LogP contribution in [0.25, 0.3) is 0 Å². The van der Waals surface area contributed by atoms with Crippen molar-refractivity contribution in [3.05, 3.63) is 58.9 Å². The third kappa shape index (κ3) is 8.79. The van der Waals surface area contributed by atoms with Crippen molar-refractivity contribution in [2.75, 3.05) is 6.61 Å². The maximum Gasteiger partial charge on any atom is 0.349 e. The van der Waals surface area contributed by atoms with Gasteiger partial charge in [-0.15, -0.1) is 0 Å². The average Bonchev–Trinajstić information content (AvgIpc) is 2.92. The van der Waals surface area contributed by atoms with E-state index in [1.807, 2.05) is 6.07 Å². The van der Waals surface area contributed by atoms with Crippen molar-refractivity contribution in [1.82, 2.24) is 0 Å². The van der Waals surface area contributed by atoms with Gasteiger partial charge in [-0.3, -0.25) is 0 Å². The number of unbranched alkanes of at least 4 members (excludes halogenated alkanes) is 7. The van der Waals surface area contributed by atoms with Crippen molar-refractivity contribution in [2.24, 2.45) is 11.8 Å². The summed E-state index contributed by atoms with van der Waals surface area (Å²) in [5.74, 6) is -5.34. The molecule has 1 fully saturated rings. The summed E-state index contributed by atoms with van der Waals surface area (Å²) in [6, 6.07) is 7.99. The second-order valence-electron chi connectivity index (χ2n) is 10.3. The molecule has 0 heterocycles. The van der Waals surface area contributed by atoms with Gasteiger partial charge < -0.3 is 9.47 Å². The molecule has 2 aromatic carbocycles. The first-order chi connectivity index (χ1) is 18.4. The fourth-order valence-corrected chi connectivity index (χ4v) is 5.08. The molecule has 38 heavy (non-hydrogen) atoms. The fourth-order valence-electron chi connectivity index (χ4n) is 5.08. The molecule has 0 radical (unpaired) electrons. The summed E-state index contributed by atoms with van der Waals surface area (Å²) in [5.41, 5.74) is -0.799. The van der Waals surface area contributed by atoms with Crippen LogP contribution >= 0.6 is 0 Å². The molecule has 206 valence electrons. The van der Waals surface area contributed by atoms with Gasteiger partial charge in [0.2, 0.25) is 5.82 Å². The van der Waals surface area contributed by atoms with Gasteiger partial charge in [-0.05, 0) is 48.9 Å². The largest absolute Gasteiger partial charge is 0.490 e. The Morgan fingerprint density at radius 3 is 2.13 bits per heavy atom. The molecular weight excluding hydrogens is 491 g/mol. The van der Waals surface area contributed by atoms with Crippen molar-refractivity contribution < 1.29 is 27.4 Å². The standard InChI is InChI=1S/C31H38F3NO3/c1-2-3-4-5-6-7-8-9-10-22-11-13-24(14-12-22)21-37-27-19-26(32)28(30(34)29(27)33)31(36)38-25-17-15-23(20-35)16-18-25/h15-19,22,24H,2-14,21H2,1H3. The normalized spacial score (nSPS) is 17.1. The number of rotatable bonds is 14. The van der Waals surface area contributed by atoms with Crippen molar-refractivity contribution >= 4 is 5.97 Å². The Hall–Kier alpha value is -3.01. The minimum absolute atomic E-state index is 0.0217. The third-order valence-corrected chi connectivity index (χ3v) is 7.43. The summed E-state index contributed by atoms with van der Waals surface area (Å²) < 4.78 is 54.3. The molecule has 0 atom stereocenters. The van der Waals surface area contributed by atoms with E-state index in [1.54, 1.807) is 0 Å². The van der Waals surface area contributed by atoms with Crippen molar-refractivity contribution in [1.29, 1.82) is 5.26 Å². The monoisotopic (exact) mass is 529 g/mol. The van der Waals surface area contributed by atoms with Gasteiger partial charge >= 0.3 is 5.97 Å². The van der Waals surface area contributed by atoms with E-state index in [0.717, 1.165) is 25.7 Å². The van der Waals surface area contributed by atoms with Gasteiger partial charge in [0.15, 0.2) is 11.6 Å². The van der Waals surface area contributed by atoms with E-state index in [-0.39, 0.29) is 18.3 Å². The highest BCUT2D eigenvalue weighted by Gasteiger charge is 2.28. The maximum atomic E-state index is 14.6. The highest BCUT2D eigenvalue weighted by Crippen LogP contribution is 2.34. The minimum Gasteiger partial charge on any atom is -0.490 e. The molecule has 0 aliphatic heterocycles. The first-order valence-electron chi connectivity index (χ1n) is 14.0. The van der Waals surface area contributed by atoms with Crippen LogP contribution in [0, 0.1) is 40.6 Å². The summed E-state index contributed by atoms with van der Waals surface area (Å²) in [5, 5.41) is 8.82. The van der Waals surface area contributed by atoms with E-state index >= 15 is 0 Å². The summed E-state index contributed by atoms with van der Waals surface area (Å²) in [6.07, 6.45) is 15.9. The molecule has 0 aromatic heterocycles. The Kier molecular flexibility index (Phi) is 12.0. The first kappa shape index (κ1) is 29.5. The number of ether oxygens (including phenoxy) is 2. The summed E-state index contributed by atoms with van der Waals surface area (Å²) in [6.45, 7) is 2.41. The molecule has 2 aromatic rings. The Morgan fingerprint density at radius 1 is 0.895 bits per heavy atom. The second kappa shape index (κ2) is 15.4. The van der Waals surface area contributed by atoms with Crippen LogP contribution in [0.4, 0.5) is 13.2 Å². The number of hydrogen-bond donors (Lipinski definition) is 0. The number of halogens is 3. The summed E-state index contributed by atoms with van der Waals surface area (Å²) >= 11 is 0. The van der Waals surface area contributed by atoms with Gasteiger partial charge in [-0.1, -0.05) is 77.6 Å². The zero-order chi connectivity index (χ0) is 27.3. The lowest BCUT2D eigenvalue weighted by molar-refractivity contribution is 0.0722. The molecule has 4 nitrogen and oxygen atoms in total.